The molecule has 1 fully saturated rings. The Bertz CT molecular complexity index is 368. The van der Waals surface area contributed by atoms with Crippen molar-refractivity contribution < 1.29 is 17.7 Å². The van der Waals surface area contributed by atoms with Crippen molar-refractivity contribution in [2.45, 2.75) is 31.4 Å². The quantitative estimate of drug-likeness (QED) is 0.805. The largest absolute Gasteiger partial charge is 0.455 e. The Morgan fingerprint density at radius 2 is 2.19 bits per heavy atom. The molecule has 16 heavy (non-hydrogen) atoms. The van der Waals surface area contributed by atoms with Crippen molar-refractivity contribution in [2.75, 3.05) is 13.1 Å². The van der Waals surface area contributed by atoms with Crippen LogP contribution in [-0.4, -0.2) is 23.2 Å². The fourth-order valence-electron chi connectivity index (χ4n) is 1.82. The molecule has 0 aliphatic carbocycles. The molecule has 1 saturated heterocycles. The van der Waals surface area contributed by atoms with Gasteiger partial charge in [-0.2, -0.15) is 18.2 Å². The van der Waals surface area contributed by atoms with Gasteiger partial charge in [-0.25, -0.2) is 0 Å². The Balaban J connectivity index is 2.24. The van der Waals surface area contributed by atoms with E-state index in [9.17, 15) is 13.2 Å². The molecule has 7 heteroatoms. The summed E-state index contributed by atoms with van der Waals surface area (Å²) in [6, 6.07) is 0. The standard InChI is InChI=1S/C9H12F3N3O/c1-8(3-2-4-13-5-8)7-14-6(15-16-7)9(10,11)12/h13H,2-5H2,1H3. The molecule has 0 radical (unpaired) electrons. The van der Waals surface area contributed by atoms with E-state index in [-0.39, 0.29) is 5.89 Å². The molecule has 2 rings (SSSR count). The number of nitrogens with one attached hydrogen (secondary N) is 1. The van der Waals surface area contributed by atoms with Crippen LogP contribution in [0.5, 0.6) is 0 Å². The van der Waals surface area contributed by atoms with Gasteiger partial charge in [-0.05, 0) is 26.3 Å². The van der Waals surface area contributed by atoms with Gasteiger partial charge in [0.25, 0.3) is 5.82 Å². The molecule has 4 nitrogen and oxygen atoms in total. The summed E-state index contributed by atoms with van der Waals surface area (Å²) >= 11 is 0. The van der Waals surface area contributed by atoms with E-state index < -0.39 is 17.4 Å². The van der Waals surface area contributed by atoms with E-state index in [1.165, 1.54) is 0 Å². The topological polar surface area (TPSA) is 51.0 Å². The Morgan fingerprint density at radius 3 is 2.69 bits per heavy atom. The summed E-state index contributed by atoms with van der Waals surface area (Å²) < 4.78 is 41.6. The number of aromatic nitrogens is 2. The van der Waals surface area contributed by atoms with E-state index in [2.05, 4.69) is 15.5 Å². The number of rotatable bonds is 1. The van der Waals surface area contributed by atoms with E-state index in [1.807, 2.05) is 6.92 Å². The lowest BCUT2D eigenvalue weighted by atomic mass is 9.83. The van der Waals surface area contributed by atoms with E-state index in [0.717, 1.165) is 19.4 Å². The smallest absolute Gasteiger partial charge is 0.338 e. The number of hydrogen-bond acceptors (Lipinski definition) is 4. The monoisotopic (exact) mass is 235 g/mol. The second-order valence-electron chi connectivity index (χ2n) is 4.26. The van der Waals surface area contributed by atoms with Crippen molar-refractivity contribution >= 4 is 0 Å². The average Bonchev–Trinajstić information content (AvgIpc) is 2.67. The maximum atomic E-state index is 12.3. The van der Waals surface area contributed by atoms with E-state index >= 15 is 0 Å². The summed E-state index contributed by atoms with van der Waals surface area (Å²) in [5, 5.41) is 6.08. The molecular formula is C9H12F3N3O. The van der Waals surface area contributed by atoms with Gasteiger partial charge in [0, 0.05) is 6.54 Å². The first-order chi connectivity index (χ1) is 7.42. The number of nitrogens with zero attached hydrogens (tertiary/aromatic N) is 2. The summed E-state index contributed by atoms with van der Waals surface area (Å²) in [6.07, 6.45) is -2.90. The van der Waals surface area contributed by atoms with Crippen LogP contribution in [0.2, 0.25) is 0 Å². The summed E-state index contributed by atoms with van der Waals surface area (Å²) in [5.74, 6) is -1.14. The first-order valence-corrected chi connectivity index (χ1v) is 5.04. The van der Waals surface area contributed by atoms with Crippen molar-refractivity contribution in [3.05, 3.63) is 11.7 Å². The van der Waals surface area contributed by atoms with Gasteiger partial charge >= 0.3 is 6.18 Å². The number of alkyl halides is 3. The Morgan fingerprint density at radius 1 is 1.44 bits per heavy atom. The van der Waals surface area contributed by atoms with Gasteiger partial charge in [0.2, 0.25) is 5.89 Å². The summed E-state index contributed by atoms with van der Waals surface area (Å²) in [5.41, 5.74) is -0.491. The van der Waals surface area contributed by atoms with Crippen LogP contribution in [0.15, 0.2) is 4.52 Å². The maximum absolute atomic E-state index is 12.3. The average molecular weight is 235 g/mol. The lowest BCUT2D eigenvalue weighted by Gasteiger charge is -2.30. The van der Waals surface area contributed by atoms with Crippen molar-refractivity contribution in [3.8, 4) is 0 Å². The predicted molar refractivity (Wildman–Crippen MR) is 48.8 cm³/mol. The molecule has 0 aromatic carbocycles. The first kappa shape index (κ1) is 11.4. The number of hydrogen-bond donors (Lipinski definition) is 1. The first-order valence-electron chi connectivity index (χ1n) is 5.04. The number of piperidine rings is 1. The highest BCUT2D eigenvalue weighted by atomic mass is 19.4. The third kappa shape index (κ3) is 2.04. The van der Waals surface area contributed by atoms with Crippen LogP contribution in [0.25, 0.3) is 0 Å². The van der Waals surface area contributed by atoms with Gasteiger partial charge in [-0.3, -0.25) is 0 Å². The van der Waals surface area contributed by atoms with E-state index in [1.54, 1.807) is 0 Å². The van der Waals surface area contributed by atoms with Gasteiger partial charge in [-0.15, -0.1) is 0 Å². The molecule has 1 atom stereocenters. The molecule has 0 spiro atoms. The molecule has 90 valence electrons. The van der Waals surface area contributed by atoms with Crippen molar-refractivity contribution in [2.24, 2.45) is 0 Å². The number of halogens is 3. The zero-order valence-electron chi connectivity index (χ0n) is 8.76. The third-order valence-corrected chi connectivity index (χ3v) is 2.79. The molecule has 1 N–H and O–H groups in total. The van der Waals surface area contributed by atoms with Crippen LogP contribution >= 0.6 is 0 Å². The molecule has 1 aromatic heterocycles. The van der Waals surface area contributed by atoms with E-state index in [4.69, 9.17) is 4.52 Å². The van der Waals surface area contributed by atoms with Gasteiger partial charge in [0.05, 0.1) is 5.41 Å². The summed E-state index contributed by atoms with van der Waals surface area (Å²) in [4.78, 5) is 3.43. The molecule has 0 saturated carbocycles. The second-order valence-corrected chi connectivity index (χ2v) is 4.26. The lowest BCUT2D eigenvalue weighted by Crippen LogP contribution is -2.41. The summed E-state index contributed by atoms with van der Waals surface area (Å²) in [6.45, 7) is 3.26. The van der Waals surface area contributed by atoms with Gasteiger partial charge < -0.3 is 9.84 Å². The van der Waals surface area contributed by atoms with Gasteiger partial charge in [-0.1, -0.05) is 5.16 Å². The Hall–Kier alpha value is -1.11. The normalized spacial score (nSPS) is 27.0. The van der Waals surface area contributed by atoms with Crippen LogP contribution < -0.4 is 5.32 Å². The lowest BCUT2D eigenvalue weighted by molar-refractivity contribution is -0.146. The highest BCUT2D eigenvalue weighted by Gasteiger charge is 2.41. The van der Waals surface area contributed by atoms with Crippen molar-refractivity contribution in [1.82, 2.24) is 15.5 Å². The predicted octanol–water partition coefficient (Wildman–Crippen LogP) is 1.73. The van der Waals surface area contributed by atoms with Crippen LogP contribution in [0, 0.1) is 0 Å². The fraction of sp³-hybridized carbons (Fsp3) is 0.778. The molecule has 0 bridgehead atoms. The molecular weight excluding hydrogens is 223 g/mol. The van der Waals surface area contributed by atoms with Crippen LogP contribution in [0.4, 0.5) is 13.2 Å². The van der Waals surface area contributed by atoms with Gasteiger partial charge in [0.15, 0.2) is 0 Å². The highest BCUT2D eigenvalue weighted by molar-refractivity contribution is 5.07. The molecule has 2 heterocycles. The minimum absolute atomic E-state index is 0.0621. The van der Waals surface area contributed by atoms with Crippen molar-refractivity contribution in [1.29, 1.82) is 0 Å². The molecule has 0 amide bonds. The zero-order valence-corrected chi connectivity index (χ0v) is 8.76. The fourth-order valence-corrected chi connectivity index (χ4v) is 1.82. The Kier molecular flexibility index (Phi) is 2.65. The van der Waals surface area contributed by atoms with Crippen LogP contribution in [-0.2, 0) is 11.6 Å². The van der Waals surface area contributed by atoms with E-state index in [0.29, 0.717) is 6.54 Å². The molecule has 1 aliphatic heterocycles. The van der Waals surface area contributed by atoms with Crippen LogP contribution in [0.1, 0.15) is 31.5 Å². The van der Waals surface area contributed by atoms with Crippen molar-refractivity contribution in [3.63, 3.8) is 0 Å². The minimum atomic E-state index is -4.54. The second kappa shape index (κ2) is 3.73. The minimum Gasteiger partial charge on any atom is -0.338 e. The zero-order chi connectivity index (χ0) is 11.8. The van der Waals surface area contributed by atoms with Gasteiger partial charge in [0.1, 0.15) is 0 Å². The summed E-state index contributed by atoms with van der Waals surface area (Å²) in [7, 11) is 0. The molecule has 1 aromatic rings. The Labute approximate surface area is 90.2 Å². The third-order valence-electron chi connectivity index (χ3n) is 2.79. The molecule has 1 aliphatic rings. The maximum Gasteiger partial charge on any atom is 0.455 e. The molecule has 1 unspecified atom stereocenters. The highest BCUT2D eigenvalue weighted by Crippen LogP contribution is 2.32. The van der Waals surface area contributed by atoms with Crippen LogP contribution in [0.3, 0.4) is 0 Å². The SMILES string of the molecule is CC1(c2nc(C(F)(F)F)no2)CCCNC1.